The maximum Gasteiger partial charge on any atom is 0.257 e. The van der Waals surface area contributed by atoms with Crippen molar-refractivity contribution in [3.05, 3.63) is 42.5 Å². The highest BCUT2D eigenvalue weighted by Crippen LogP contribution is 2.20. The molecule has 0 aliphatic carbocycles. The Balaban J connectivity index is 1.47. The van der Waals surface area contributed by atoms with E-state index in [1.54, 1.807) is 0 Å². The van der Waals surface area contributed by atoms with Crippen molar-refractivity contribution in [2.24, 2.45) is 5.92 Å². The molecule has 1 unspecified atom stereocenters. The zero-order chi connectivity index (χ0) is 15.2. The standard InChI is InChI=1S/C18H22N2O2/c21-18(20-12-14-4-3-9-19-11-14)13-22-17-8-7-15-5-1-2-6-16(15)10-17/h1-2,5-8,10,14,19H,3-4,9,11-13H2,(H,20,21). The number of fused-ring (bicyclic) bond motifs is 1. The molecule has 2 N–H and O–H groups in total. The van der Waals surface area contributed by atoms with Crippen LogP contribution in [0.3, 0.4) is 0 Å². The summed E-state index contributed by atoms with van der Waals surface area (Å²) in [5, 5.41) is 8.60. The topological polar surface area (TPSA) is 50.4 Å². The zero-order valence-corrected chi connectivity index (χ0v) is 12.7. The Kier molecular flexibility index (Phi) is 4.91. The first kappa shape index (κ1) is 14.9. The van der Waals surface area contributed by atoms with Crippen molar-refractivity contribution in [2.45, 2.75) is 12.8 Å². The summed E-state index contributed by atoms with van der Waals surface area (Å²) in [7, 11) is 0. The van der Waals surface area contributed by atoms with Gasteiger partial charge in [-0.25, -0.2) is 0 Å². The molecule has 4 nitrogen and oxygen atoms in total. The predicted octanol–water partition coefficient (Wildman–Crippen LogP) is 2.33. The third kappa shape index (κ3) is 3.98. The average Bonchev–Trinajstić information content (AvgIpc) is 2.59. The van der Waals surface area contributed by atoms with Crippen LogP contribution in [0.25, 0.3) is 10.8 Å². The molecule has 1 fully saturated rings. The van der Waals surface area contributed by atoms with Crippen LogP contribution in [0.15, 0.2) is 42.5 Å². The summed E-state index contributed by atoms with van der Waals surface area (Å²) in [5.41, 5.74) is 0. The van der Waals surface area contributed by atoms with Crippen LogP contribution in [-0.4, -0.2) is 32.1 Å². The molecule has 116 valence electrons. The second-order valence-electron chi connectivity index (χ2n) is 5.81. The second-order valence-corrected chi connectivity index (χ2v) is 5.81. The van der Waals surface area contributed by atoms with Gasteiger partial charge in [0.15, 0.2) is 6.61 Å². The number of carbonyl (C=O) groups is 1. The van der Waals surface area contributed by atoms with Crippen molar-refractivity contribution in [2.75, 3.05) is 26.2 Å². The van der Waals surface area contributed by atoms with Crippen LogP contribution in [0.2, 0.25) is 0 Å². The number of nitrogens with one attached hydrogen (secondary N) is 2. The lowest BCUT2D eigenvalue weighted by Gasteiger charge is -2.22. The highest BCUT2D eigenvalue weighted by atomic mass is 16.5. The molecule has 2 aromatic rings. The molecule has 0 aromatic heterocycles. The van der Waals surface area contributed by atoms with Crippen molar-refractivity contribution in [1.29, 1.82) is 0 Å². The Morgan fingerprint density at radius 2 is 2.09 bits per heavy atom. The van der Waals surface area contributed by atoms with Gasteiger partial charge in [0.05, 0.1) is 0 Å². The molecule has 0 spiro atoms. The first-order chi connectivity index (χ1) is 10.8. The van der Waals surface area contributed by atoms with E-state index >= 15 is 0 Å². The number of benzene rings is 2. The summed E-state index contributed by atoms with van der Waals surface area (Å²) in [6.07, 6.45) is 2.37. The molecule has 3 rings (SSSR count). The van der Waals surface area contributed by atoms with E-state index < -0.39 is 0 Å². The molecule has 1 aliphatic heterocycles. The van der Waals surface area contributed by atoms with Crippen LogP contribution in [0.1, 0.15) is 12.8 Å². The molecular formula is C18H22N2O2. The molecule has 1 atom stereocenters. The second kappa shape index (κ2) is 7.27. The fraction of sp³-hybridized carbons (Fsp3) is 0.389. The van der Waals surface area contributed by atoms with Crippen LogP contribution >= 0.6 is 0 Å². The van der Waals surface area contributed by atoms with Crippen molar-refractivity contribution in [3.8, 4) is 5.75 Å². The Bertz CT molecular complexity index is 636. The molecular weight excluding hydrogens is 276 g/mol. The molecule has 1 heterocycles. The summed E-state index contributed by atoms with van der Waals surface area (Å²) in [4.78, 5) is 11.9. The van der Waals surface area contributed by atoms with Gasteiger partial charge in [0, 0.05) is 6.54 Å². The number of hydrogen-bond acceptors (Lipinski definition) is 3. The number of ether oxygens (including phenoxy) is 1. The highest BCUT2D eigenvalue weighted by molar-refractivity contribution is 5.84. The molecule has 0 saturated carbocycles. The maximum atomic E-state index is 11.9. The van der Waals surface area contributed by atoms with Gasteiger partial charge in [-0.15, -0.1) is 0 Å². The van der Waals surface area contributed by atoms with Crippen LogP contribution < -0.4 is 15.4 Å². The third-order valence-electron chi connectivity index (χ3n) is 4.08. The summed E-state index contributed by atoms with van der Waals surface area (Å²) in [6, 6.07) is 14.0. The fourth-order valence-electron chi connectivity index (χ4n) is 2.81. The molecule has 0 bridgehead atoms. The van der Waals surface area contributed by atoms with E-state index in [1.807, 2.05) is 36.4 Å². The van der Waals surface area contributed by atoms with E-state index in [0.29, 0.717) is 5.92 Å². The van der Waals surface area contributed by atoms with Gasteiger partial charge in [0.2, 0.25) is 0 Å². The average molecular weight is 298 g/mol. The van der Waals surface area contributed by atoms with Crippen molar-refractivity contribution in [1.82, 2.24) is 10.6 Å². The van der Waals surface area contributed by atoms with Crippen LogP contribution in [0.4, 0.5) is 0 Å². The van der Waals surface area contributed by atoms with E-state index in [9.17, 15) is 4.79 Å². The number of piperidine rings is 1. The van der Waals surface area contributed by atoms with E-state index in [1.165, 1.54) is 18.2 Å². The molecule has 1 amide bonds. The van der Waals surface area contributed by atoms with Gasteiger partial charge in [-0.2, -0.15) is 0 Å². The van der Waals surface area contributed by atoms with E-state index in [-0.39, 0.29) is 12.5 Å². The Hall–Kier alpha value is -2.07. The third-order valence-corrected chi connectivity index (χ3v) is 4.08. The number of hydrogen-bond donors (Lipinski definition) is 2. The quantitative estimate of drug-likeness (QED) is 0.891. The number of carbonyl (C=O) groups excluding carboxylic acids is 1. The Labute approximate surface area is 130 Å². The van der Waals surface area contributed by atoms with Gasteiger partial charge >= 0.3 is 0 Å². The number of rotatable bonds is 5. The normalized spacial score (nSPS) is 18.1. The van der Waals surface area contributed by atoms with Gasteiger partial charge in [-0.05, 0) is 54.8 Å². The van der Waals surface area contributed by atoms with Crippen LogP contribution in [0, 0.1) is 5.92 Å². The monoisotopic (exact) mass is 298 g/mol. The van der Waals surface area contributed by atoms with Crippen molar-refractivity contribution in [3.63, 3.8) is 0 Å². The minimum atomic E-state index is -0.0567. The van der Waals surface area contributed by atoms with Gasteiger partial charge in [0.25, 0.3) is 5.91 Å². The maximum absolute atomic E-state index is 11.9. The largest absolute Gasteiger partial charge is 0.484 e. The van der Waals surface area contributed by atoms with E-state index in [2.05, 4.69) is 16.7 Å². The first-order valence-electron chi connectivity index (χ1n) is 7.90. The van der Waals surface area contributed by atoms with Gasteiger partial charge in [-0.1, -0.05) is 30.3 Å². The molecule has 22 heavy (non-hydrogen) atoms. The predicted molar refractivity (Wildman–Crippen MR) is 88.0 cm³/mol. The molecule has 1 aliphatic rings. The number of amides is 1. The molecule has 4 heteroatoms. The minimum absolute atomic E-state index is 0.0567. The van der Waals surface area contributed by atoms with Gasteiger partial charge in [-0.3, -0.25) is 4.79 Å². The summed E-state index contributed by atoms with van der Waals surface area (Å²) >= 11 is 0. The minimum Gasteiger partial charge on any atom is -0.484 e. The van der Waals surface area contributed by atoms with Crippen molar-refractivity contribution >= 4 is 16.7 Å². The Morgan fingerprint density at radius 3 is 2.91 bits per heavy atom. The van der Waals surface area contributed by atoms with Gasteiger partial charge < -0.3 is 15.4 Å². The van der Waals surface area contributed by atoms with E-state index in [0.717, 1.165) is 30.8 Å². The molecule has 2 aromatic carbocycles. The SMILES string of the molecule is O=C(COc1ccc2ccccc2c1)NCC1CCCNC1. The smallest absolute Gasteiger partial charge is 0.257 e. The summed E-state index contributed by atoms with van der Waals surface area (Å²) in [6.45, 7) is 2.88. The van der Waals surface area contributed by atoms with Crippen LogP contribution in [-0.2, 0) is 4.79 Å². The lowest BCUT2D eigenvalue weighted by atomic mass is 10.00. The summed E-state index contributed by atoms with van der Waals surface area (Å²) < 4.78 is 5.59. The lowest BCUT2D eigenvalue weighted by molar-refractivity contribution is -0.123. The van der Waals surface area contributed by atoms with Crippen LogP contribution in [0.5, 0.6) is 5.75 Å². The molecule has 0 radical (unpaired) electrons. The first-order valence-corrected chi connectivity index (χ1v) is 7.90. The fourth-order valence-corrected chi connectivity index (χ4v) is 2.81. The zero-order valence-electron chi connectivity index (χ0n) is 12.7. The lowest BCUT2D eigenvalue weighted by Crippen LogP contribution is -2.39. The van der Waals surface area contributed by atoms with E-state index in [4.69, 9.17) is 4.74 Å². The molecule has 1 saturated heterocycles. The van der Waals surface area contributed by atoms with Gasteiger partial charge in [0.1, 0.15) is 5.75 Å². The summed E-state index contributed by atoms with van der Waals surface area (Å²) in [5.74, 6) is 1.21. The van der Waals surface area contributed by atoms with Crippen molar-refractivity contribution < 1.29 is 9.53 Å². The highest BCUT2D eigenvalue weighted by Gasteiger charge is 2.13. The Morgan fingerprint density at radius 1 is 1.23 bits per heavy atom.